The maximum atomic E-state index is 12.4. The number of hydrogen-bond donors (Lipinski definition) is 1. The summed E-state index contributed by atoms with van der Waals surface area (Å²) < 4.78 is 78.2. The van der Waals surface area contributed by atoms with Gasteiger partial charge >= 0.3 is 12.4 Å². The number of halogens is 6. The Morgan fingerprint density at radius 1 is 1.11 bits per heavy atom. The van der Waals surface area contributed by atoms with Crippen molar-refractivity contribution in [1.29, 1.82) is 0 Å². The van der Waals surface area contributed by atoms with Gasteiger partial charge in [0.1, 0.15) is 0 Å². The van der Waals surface area contributed by atoms with Crippen molar-refractivity contribution < 1.29 is 30.9 Å². The Labute approximate surface area is 104 Å². The maximum Gasteiger partial charge on any atom is 0.409 e. The van der Waals surface area contributed by atoms with E-state index >= 15 is 0 Å². The molecule has 1 heterocycles. The van der Waals surface area contributed by atoms with E-state index in [0.717, 1.165) is 0 Å². The van der Waals surface area contributed by atoms with Crippen LogP contribution in [0.3, 0.4) is 0 Å². The molecule has 0 aliphatic heterocycles. The number of nitrogens with zero attached hydrogens (tertiary/aromatic N) is 2. The lowest BCUT2D eigenvalue weighted by molar-refractivity contribution is -0.259. The quantitative estimate of drug-likeness (QED) is 0.867. The number of rotatable bonds is 4. The molecule has 0 saturated heterocycles. The van der Waals surface area contributed by atoms with Crippen molar-refractivity contribution in [2.75, 3.05) is 0 Å². The van der Waals surface area contributed by atoms with Gasteiger partial charge in [0.05, 0.1) is 6.54 Å². The summed E-state index contributed by atoms with van der Waals surface area (Å²) in [5.74, 6) is -5.52. The highest BCUT2D eigenvalue weighted by Crippen LogP contribution is 2.45. The second-order valence-electron chi connectivity index (χ2n) is 4.10. The lowest BCUT2D eigenvalue weighted by Crippen LogP contribution is -2.34. The molecule has 0 aliphatic rings. The second kappa shape index (κ2) is 5.35. The van der Waals surface area contributed by atoms with Crippen molar-refractivity contribution in [2.45, 2.75) is 44.7 Å². The summed E-state index contributed by atoms with van der Waals surface area (Å²) in [5, 5.41) is 5.83. The Balaban J connectivity index is 2.93. The van der Waals surface area contributed by atoms with E-state index in [-0.39, 0.29) is 18.4 Å². The summed E-state index contributed by atoms with van der Waals surface area (Å²) in [6, 6.07) is -0.0250. The zero-order valence-electron chi connectivity index (χ0n) is 9.93. The van der Waals surface area contributed by atoms with Crippen LogP contribution in [0.1, 0.15) is 31.5 Å². The minimum Gasteiger partial charge on any atom is -0.338 e. The van der Waals surface area contributed by atoms with Gasteiger partial charge in [-0.1, -0.05) is 19.0 Å². The van der Waals surface area contributed by atoms with Crippen molar-refractivity contribution in [3.05, 3.63) is 11.7 Å². The fraction of sp³-hybridized carbons (Fsp3) is 0.778. The van der Waals surface area contributed by atoms with Crippen LogP contribution in [0.15, 0.2) is 4.52 Å². The van der Waals surface area contributed by atoms with E-state index in [1.165, 1.54) is 0 Å². The Morgan fingerprint density at radius 2 is 1.63 bits per heavy atom. The summed E-state index contributed by atoms with van der Waals surface area (Å²) >= 11 is 0. The molecule has 0 saturated carbocycles. The second-order valence-corrected chi connectivity index (χ2v) is 4.10. The van der Waals surface area contributed by atoms with Crippen molar-refractivity contribution in [3.63, 3.8) is 0 Å². The first-order chi connectivity index (χ1) is 8.51. The van der Waals surface area contributed by atoms with Crippen LogP contribution < -0.4 is 5.32 Å². The van der Waals surface area contributed by atoms with Crippen LogP contribution in [0.4, 0.5) is 26.3 Å². The van der Waals surface area contributed by atoms with Gasteiger partial charge in [0.2, 0.25) is 11.8 Å². The SMILES string of the molecule is CC(C)NCc1noc(C(C(F)(F)F)C(F)(F)F)n1. The smallest absolute Gasteiger partial charge is 0.338 e. The molecular weight excluding hydrogens is 280 g/mol. The van der Waals surface area contributed by atoms with Crippen molar-refractivity contribution >= 4 is 0 Å². The molecule has 4 nitrogen and oxygen atoms in total. The van der Waals surface area contributed by atoms with Gasteiger partial charge in [0, 0.05) is 6.04 Å². The minimum atomic E-state index is -5.53. The Bertz CT molecular complexity index is 397. The molecule has 1 rings (SSSR count). The third-order valence-electron chi connectivity index (χ3n) is 2.05. The molecule has 0 atom stereocenters. The monoisotopic (exact) mass is 291 g/mol. The maximum absolute atomic E-state index is 12.4. The number of aromatic nitrogens is 2. The molecule has 19 heavy (non-hydrogen) atoms. The van der Waals surface area contributed by atoms with E-state index in [0.29, 0.717) is 0 Å². The van der Waals surface area contributed by atoms with Gasteiger partial charge in [0.25, 0.3) is 0 Å². The molecule has 0 amide bonds. The van der Waals surface area contributed by atoms with E-state index in [1.807, 2.05) is 0 Å². The van der Waals surface area contributed by atoms with E-state index in [9.17, 15) is 26.3 Å². The summed E-state index contributed by atoms with van der Waals surface area (Å²) in [4.78, 5) is 3.14. The van der Waals surface area contributed by atoms with E-state index in [2.05, 4.69) is 20.0 Å². The fourth-order valence-electron chi connectivity index (χ4n) is 1.22. The van der Waals surface area contributed by atoms with Crippen LogP contribution >= 0.6 is 0 Å². The molecule has 0 unspecified atom stereocenters. The van der Waals surface area contributed by atoms with Crippen LogP contribution in [0.5, 0.6) is 0 Å². The molecule has 0 radical (unpaired) electrons. The van der Waals surface area contributed by atoms with Gasteiger partial charge in [-0.2, -0.15) is 31.3 Å². The first kappa shape index (κ1) is 15.7. The van der Waals surface area contributed by atoms with Gasteiger partial charge in [-0.05, 0) is 0 Å². The average Bonchev–Trinajstić information content (AvgIpc) is 2.58. The lowest BCUT2D eigenvalue weighted by Gasteiger charge is -2.19. The summed E-state index contributed by atoms with van der Waals surface area (Å²) in [5.41, 5.74) is 0. The molecule has 1 aromatic heterocycles. The summed E-state index contributed by atoms with van der Waals surface area (Å²) in [6.07, 6.45) is -11.1. The van der Waals surface area contributed by atoms with E-state index < -0.39 is 24.2 Å². The van der Waals surface area contributed by atoms with Gasteiger partial charge in [-0.25, -0.2) is 0 Å². The number of nitrogens with one attached hydrogen (secondary N) is 1. The summed E-state index contributed by atoms with van der Waals surface area (Å²) in [6.45, 7) is 3.41. The van der Waals surface area contributed by atoms with Crippen LogP contribution in [-0.2, 0) is 6.54 Å². The van der Waals surface area contributed by atoms with Crippen molar-refractivity contribution in [2.24, 2.45) is 0 Å². The van der Waals surface area contributed by atoms with E-state index in [4.69, 9.17) is 0 Å². The Kier molecular flexibility index (Phi) is 4.43. The molecule has 0 fully saturated rings. The topological polar surface area (TPSA) is 51.0 Å². The highest BCUT2D eigenvalue weighted by atomic mass is 19.4. The zero-order chi connectivity index (χ0) is 14.8. The fourth-order valence-corrected chi connectivity index (χ4v) is 1.22. The third kappa shape index (κ3) is 4.37. The lowest BCUT2D eigenvalue weighted by atomic mass is 10.1. The standard InChI is InChI=1S/C9H11F6N3O/c1-4(2)16-3-5-17-7(19-18-5)6(8(10,11)12)9(13,14)15/h4,6,16H,3H2,1-2H3. The van der Waals surface area contributed by atoms with Crippen LogP contribution in [-0.4, -0.2) is 28.5 Å². The molecule has 0 aliphatic carbocycles. The van der Waals surface area contributed by atoms with Crippen LogP contribution in [0, 0.1) is 0 Å². The molecule has 0 bridgehead atoms. The highest BCUT2D eigenvalue weighted by Gasteiger charge is 2.60. The van der Waals surface area contributed by atoms with Crippen LogP contribution in [0.2, 0.25) is 0 Å². The third-order valence-corrected chi connectivity index (χ3v) is 2.05. The highest BCUT2D eigenvalue weighted by molar-refractivity contribution is 5.01. The minimum absolute atomic E-state index is 0.0250. The molecule has 110 valence electrons. The average molecular weight is 291 g/mol. The van der Waals surface area contributed by atoms with Crippen molar-refractivity contribution in [1.82, 2.24) is 15.5 Å². The molecule has 10 heteroatoms. The number of hydrogen-bond acceptors (Lipinski definition) is 4. The first-order valence-electron chi connectivity index (χ1n) is 5.21. The predicted molar refractivity (Wildman–Crippen MR) is 51.1 cm³/mol. The zero-order valence-corrected chi connectivity index (χ0v) is 9.93. The Morgan fingerprint density at radius 3 is 2.05 bits per heavy atom. The molecular formula is C9H11F6N3O. The molecule has 1 aromatic rings. The van der Waals surface area contributed by atoms with Gasteiger partial charge in [0.15, 0.2) is 5.82 Å². The molecule has 0 aromatic carbocycles. The molecule has 0 spiro atoms. The van der Waals surface area contributed by atoms with Gasteiger partial charge in [-0.15, -0.1) is 0 Å². The van der Waals surface area contributed by atoms with Crippen LogP contribution in [0.25, 0.3) is 0 Å². The van der Waals surface area contributed by atoms with Gasteiger partial charge in [-0.3, -0.25) is 0 Å². The van der Waals surface area contributed by atoms with E-state index in [1.54, 1.807) is 13.8 Å². The Hall–Kier alpha value is -1.32. The van der Waals surface area contributed by atoms with Gasteiger partial charge < -0.3 is 9.84 Å². The number of alkyl halides is 6. The molecule has 1 N–H and O–H groups in total. The van der Waals surface area contributed by atoms with Crippen molar-refractivity contribution in [3.8, 4) is 0 Å². The predicted octanol–water partition coefficient (Wildman–Crippen LogP) is 2.78. The first-order valence-corrected chi connectivity index (χ1v) is 5.21. The largest absolute Gasteiger partial charge is 0.409 e. The summed E-state index contributed by atoms with van der Waals surface area (Å²) in [7, 11) is 0. The normalized spacial score (nSPS) is 13.6.